The van der Waals surface area contributed by atoms with Gasteiger partial charge in [-0.2, -0.15) is 0 Å². The van der Waals surface area contributed by atoms with Crippen LogP contribution in [-0.4, -0.2) is 53.3 Å². The molecule has 1 aliphatic rings. The molecule has 1 fully saturated rings. The summed E-state index contributed by atoms with van der Waals surface area (Å²) >= 11 is 0. The molecule has 0 aromatic rings. The number of nitrogens with zero attached hydrogens (tertiary/aromatic N) is 1. The highest BCUT2D eigenvalue weighted by Crippen LogP contribution is 2.09. The molecule has 17 heavy (non-hydrogen) atoms. The number of aliphatic carboxylic acids is 1. The molecule has 0 saturated carbocycles. The van der Waals surface area contributed by atoms with E-state index in [1.165, 1.54) is 0 Å². The number of alkyl carbamates (subject to hydrolysis) is 1. The first-order chi connectivity index (χ1) is 7.78. The van der Waals surface area contributed by atoms with Crippen molar-refractivity contribution in [3.63, 3.8) is 0 Å². The maximum Gasteiger partial charge on any atom is 0.408 e. The third kappa shape index (κ3) is 6.11. The monoisotopic (exact) mass is 244 g/mol. The van der Waals surface area contributed by atoms with E-state index in [9.17, 15) is 9.59 Å². The molecule has 0 spiro atoms. The molecule has 1 amide bonds. The molecule has 6 heteroatoms. The Balaban J connectivity index is 2.36. The van der Waals surface area contributed by atoms with E-state index in [2.05, 4.69) is 10.2 Å². The lowest BCUT2D eigenvalue weighted by Crippen LogP contribution is -2.44. The summed E-state index contributed by atoms with van der Waals surface area (Å²) in [4.78, 5) is 24.5. The number of carbonyl (C=O) groups is 2. The fourth-order valence-electron chi connectivity index (χ4n) is 1.31. The number of hydrogen-bond acceptors (Lipinski definition) is 4. The van der Waals surface area contributed by atoms with Gasteiger partial charge in [0.1, 0.15) is 11.6 Å². The Kier molecular flexibility index (Phi) is 4.34. The average molecular weight is 244 g/mol. The van der Waals surface area contributed by atoms with Crippen LogP contribution in [0.1, 0.15) is 27.2 Å². The van der Waals surface area contributed by atoms with Gasteiger partial charge in [-0.3, -0.25) is 0 Å². The van der Waals surface area contributed by atoms with Gasteiger partial charge >= 0.3 is 12.1 Å². The first kappa shape index (κ1) is 13.8. The Morgan fingerprint density at radius 3 is 2.41 bits per heavy atom. The average Bonchev–Trinajstić information content (AvgIpc) is 2.91. The van der Waals surface area contributed by atoms with Crippen LogP contribution in [-0.2, 0) is 9.53 Å². The van der Waals surface area contributed by atoms with Crippen LogP contribution in [0, 0.1) is 0 Å². The van der Waals surface area contributed by atoms with Crippen molar-refractivity contribution in [3.8, 4) is 0 Å². The van der Waals surface area contributed by atoms with Gasteiger partial charge in [-0.1, -0.05) is 0 Å². The van der Waals surface area contributed by atoms with E-state index >= 15 is 0 Å². The Hall–Kier alpha value is -1.30. The Morgan fingerprint density at radius 1 is 1.41 bits per heavy atom. The van der Waals surface area contributed by atoms with Crippen LogP contribution in [0.25, 0.3) is 0 Å². The zero-order valence-corrected chi connectivity index (χ0v) is 10.5. The normalized spacial score (nSPS) is 17.4. The molecule has 0 radical (unpaired) electrons. The second kappa shape index (κ2) is 5.35. The second-order valence-electron chi connectivity index (χ2n) is 5.17. The number of hydrogen-bond donors (Lipinski definition) is 2. The summed E-state index contributed by atoms with van der Waals surface area (Å²) in [6.45, 7) is 7.92. The summed E-state index contributed by atoms with van der Waals surface area (Å²) in [5, 5.41) is 11.3. The van der Waals surface area contributed by atoms with E-state index in [-0.39, 0.29) is 0 Å². The molecule has 1 heterocycles. The lowest BCUT2D eigenvalue weighted by atomic mass is 10.2. The molecule has 6 nitrogen and oxygen atoms in total. The van der Waals surface area contributed by atoms with Crippen molar-refractivity contribution in [3.05, 3.63) is 0 Å². The summed E-state index contributed by atoms with van der Waals surface area (Å²) in [6, 6.07) is -0.884. The standard InChI is InChI=1S/C11H20N2O4/c1-11(2,3)17-10(16)12-8(9(14)15)4-5-13-6-7-13/h8H,4-7H2,1-3H3,(H,12,16)(H,14,15)/t8-/m1/s1. The van der Waals surface area contributed by atoms with Gasteiger partial charge in [0.05, 0.1) is 0 Å². The Bertz CT molecular complexity index is 294. The van der Waals surface area contributed by atoms with Gasteiger partial charge in [-0.25, -0.2) is 9.59 Å². The van der Waals surface area contributed by atoms with Crippen LogP contribution in [0.5, 0.6) is 0 Å². The smallest absolute Gasteiger partial charge is 0.408 e. The Labute approximate surface area is 101 Å². The van der Waals surface area contributed by atoms with Crippen LogP contribution in [0.2, 0.25) is 0 Å². The van der Waals surface area contributed by atoms with Crippen molar-refractivity contribution in [1.82, 2.24) is 10.2 Å². The highest BCUT2D eigenvalue weighted by Gasteiger charge is 2.26. The number of rotatable bonds is 5. The number of nitrogens with one attached hydrogen (secondary N) is 1. The van der Waals surface area contributed by atoms with E-state index in [4.69, 9.17) is 9.84 Å². The van der Waals surface area contributed by atoms with Crippen LogP contribution >= 0.6 is 0 Å². The van der Waals surface area contributed by atoms with Gasteiger partial charge in [0.15, 0.2) is 0 Å². The van der Waals surface area contributed by atoms with E-state index in [0.717, 1.165) is 13.1 Å². The molecule has 1 saturated heterocycles. The minimum atomic E-state index is -1.03. The summed E-state index contributed by atoms with van der Waals surface area (Å²) in [7, 11) is 0. The van der Waals surface area contributed by atoms with Gasteiger partial charge in [0, 0.05) is 19.6 Å². The third-order valence-electron chi connectivity index (χ3n) is 2.26. The van der Waals surface area contributed by atoms with Crippen LogP contribution in [0.4, 0.5) is 4.79 Å². The molecule has 0 bridgehead atoms. The van der Waals surface area contributed by atoms with E-state index < -0.39 is 23.7 Å². The first-order valence-electron chi connectivity index (χ1n) is 5.72. The maximum absolute atomic E-state index is 11.4. The minimum Gasteiger partial charge on any atom is -0.480 e. The quantitative estimate of drug-likeness (QED) is 0.695. The highest BCUT2D eigenvalue weighted by molar-refractivity contribution is 5.79. The van der Waals surface area contributed by atoms with Crippen LogP contribution in [0.3, 0.4) is 0 Å². The van der Waals surface area contributed by atoms with E-state index in [0.29, 0.717) is 13.0 Å². The summed E-state index contributed by atoms with van der Waals surface area (Å²) < 4.78 is 5.01. The third-order valence-corrected chi connectivity index (χ3v) is 2.26. The van der Waals surface area contributed by atoms with E-state index in [1.807, 2.05) is 0 Å². The SMILES string of the molecule is CC(C)(C)OC(=O)N[C@H](CCN1CC1)C(=O)O. The fourth-order valence-corrected chi connectivity index (χ4v) is 1.31. The summed E-state index contributed by atoms with van der Waals surface area (Å²) in [6.07, 6.45) is -0.287. The lowest BCUT2D eigenvalue weighted by Gasteiger charge is -2.22. The molecular weight excluding hydrogens is 224 g/mol. The Morgan fingerprint density at radius 2 is 2.00 bits per heavy atom. The van der Waals surface area contributed by atoms with Gasteiger partial charge in [0.25, 0.3) is 0 Å². The van der Waals surface area contributed by atoms with Crippen LogP contribution < -0.4 is 5.32 Å². The molecule has 0 aromatic carbocycles. The van der Waals surface area contributed by atoms with Crippen LogP contribution in [0.15, 0.2) is 0 Å². The molecule has 1 rings (SSSR count). The molecule has 0 aromatic heterocycles. The highest BCUT2D eigenvalue weighted by atomic mass is 16.6. The lowest BCUT2D eigenvalue weighted by molar-refractivity contribution is -0.139. The number of amides is 1. The van der Waals surface area contributed by atoms with Crippen molar-refractivity contribution in [2.75, 3.05) is 19.6 Å². The number of carbonyl (C=O) groups excluding carboxylic acids is 1. The van der Waals surface area contributed by atoms with Gasteiger partial charge in [-0.15, -0.1) is 0 Å². The molecule has 0 unspecified atom stereocenters. The summed E-state index contributed by atoms with van der Waals surface area (Å²) in [5.41, 5.74) is -0.618. The predicted octanol–water partition coefficient (Wildman–Crippen LogP) is 0.670. The van der Waals surface area contributed by atoms with Crippen molar-refractivity contribution in [2.24, 2.45) is 0 Å². The first-order valence-corrected chi connectivity index (χ1v) is 5.72. The zero-order valence-electron chi connectivity index (χ0n) is 10.5. The van der Waals surface area contributed by atoms with Crippen molar-refractivity contribution in [2.45, 2.75) is 38.8 Å². The largest absolute Gasteiger partial charge is 0.480 e. The topological polar surface area (TPSA) is 78.6 Å². The predicted molar refractivity (Wildman–Crippen MR) is 61.9 cm³/mol. The molecule has 1 aliphatic heterocycles. The number of carboxylic acid groups (broad SMARTS) is 1. The molecule has 98 valence electrons. The minimum absolute atomic E-state index is 0.397. The fraction of sp³-hybridized carbons (Fsp3) is 0.818. The van der Waals surface area contributed by atoms with Crippen molar-refractivity contribution >= 4 is 12.1 Å². The second-order valence-corrected chi connectivity index (χ2v) is 5.17. The molecular formula is C11H20N2O4. The van der Waals surface area contributed by atoms with Gasteiger partial charge < -0.3 is 20.1 Å². The van der Waals surface area contributed by atoms with Gasteiger partial charge in [-0.05, 0) is 27.2 Å². The van der Waals surface area contributed by atoms with Crippen molar-refractivity contribution in [1.29, 1.82) is 0 Å². The molecule has 1 atom stereocenters. The summed E-state index contributed by atoms with van der Waals surface area (Å²) in [5.74, 6) is -1.03. The molecule has 2 N–H and O–H groups in total. The number of ether oxygens (including phenoxy) is 1. The van der Waals surface area contributed by atoms with E-state index in [1.54, 1.807) is 20.8 Å². The number of carboxylic acids is 1. The maximum atomic E-state index is 11.4. The van der Waals surface area contributed by atoms with Gasteiger partial charge in [0.2, 0.25) is 0 Å². The van der Waals surface area contributed by atoms with Crippen molar-refractivity contribution < 1.29 is 19.4 Å². The zero-order chi connectivity index (χ0) is 13.1. The molecule has 0 aliphatic carbocycles.